The summed E-state index contributed by atoms with van der Waals surface area (Å²) in [7, 11) is 0. The molecule has 0 radical (unpaired) electrons. The standard InChI is InChI=1S/C22H26FN5OS.HI/c1-4-24-22(26-12-10-20-28-15(2)16(3)30-20)27-14-17-7-6-11-25-21(17)29-19-9-5-8-18(23)13-19;/h5-9,11,13H,4,10,12,14H2,1-3H3,(H2,24,26,27);1H. The van der Waals surface area contributed by atoms with Gasteiger partial charge in [0.25, 0.3) is 0 Å². The van der Waals surface area contributed by atoms with Crippen LogP contribution in [0.5, 0.6) is 11.6 Å². The molecule has 0 fully saturated rings. The maximum Gasteiger partial charge on any atom is 0.224 e. The predicted octanol–water partition coefficient (Wildman–Crippen LogP) is 5.00. The zero-order valence-corrected chi connectivity index (χ0v) is 21.0. The third kappa shape index (κ3) is 7.73. The van der Waals surface area contributed by atoms with Crippen LogP contribution in [0, 0.1) is 19.7 Å². The Hall–Kier alpha value is -2.27. The number of guanidine groups is 1. The molecule has 0 spiro atoms. The molecule has 2 N–H and O–H groups in total. The van der Waals surface area contributed by atoms with E-state index >= 15 is 0 Å². The Bertz CT molecular complexity index is 992. The summed E-state index contributed by atoms with van der Waals surface area (Å²) in [5, 5.41) is 7.70. The molecule has 0 saturated carbocycles. The van der Waals surface area contributed by atoms with Gasteiger partial charge in [-0.25, -0.2) is 19.4 Å². The maximum absolute atomic E-state index is 13.4. The van der Waals surface area contributed by atoms with Gasteiger partial charge in [-0.05, 0) is 39.0 Å². The highest BCUT2D eigenvalue weighted by Crippen LogP contribution is 2.24. The largest absolute Gasteiger partial charge is 0.439 e. The van der Waals surface area contributed by atoms with Gasteiger partial charge in [0.15, 0.2) is 5.96 Å². The molecule has 3 rings (SSSR count). The van der Waals surface area contributed by atoms with Crippen LogP contribution in [0.4, 0.5) is 4.39 Å². The predicted molar refractivity (Wildman–Crippen MR) is 134 cm³/mol. The molecule has 6 nitrogen and oxygen atoms in total. The van der Waals surface area contributed by atoms with Crippen molar-refractivity contribution in [2.24, 2.45) is 4.99 Å². The summed E-state index contributed by atoms with van der Waals surface area (Å²) in [4.78, 5) is 14.7. The lowest BCUT2D eigenvalue weighted by Crippen LogP contribution is -2.38. The zero-order valence-electron chi connectivity index (χ0n) is 17.8. The van der Waals surface area contributed by atoms with Crippen molar-refractivity contribution in [3.63, 3.8) is 0 Å². The first-order valence-electron chi connectivity index (χ1n) is 9.87. The van der Waals surface area contributed by atoms with Gasteiger partial charge < -0.3 is 15.4 Å². The third-order valence-corrected chi connectivity index (χ3v) is 5.45. The Morgan fingerprint density at radius 3 is 2.74 bits per heavy atom. The molecule has 0 saturated heterocycles. The molecule has 0 aliphatic rings. The minimum Gasteiger partial charge on any atom is -0.439 e. The van der Waals surface area contributed by atoms with E-state index in [1.807, 2.05) is 26.0 Å². The number of hydrogen-bond donors (Lipinski definition) is 2. The molecular weight excluding hydrogens is 528 g/mol. The second kappa shape index (κ2) is 12.6. The quantitative estimate of drug-likeness (QED) is 0.233. The average molecular weight is 555 g/mol. The SMILES string of the molecule is CCNC(=NCc1cccnc1Oc1cccc(F)c1)NCCc1nc(C)c(C)s1.I. The number of thiazole rings is 1. The second-order valence-electron chi connectivity index (χ2n) is 6.65. The summed E-state index contributed by atoms with van der Waals surface area (Å²) in [5.74, 6) is 1.17. The first-order chi connectivity index (χ1) is 14.5. The lowest BCUT2D eigenvalue weighted by atomic mass is 10.2. The van der Waals surface area contributed by atoms with Crippen LogP contribution >= 0.6 is 35.3 Å². The molecular formula is C22H27FIN5OS. The average Bonchev–Trinajstić information content (AvgIpc) is 3.04. The Balaban J connectivity index is 0.00000341. The van der Waals surface area contributed by atoms with Gasteiger partial charge in [0, 0.05) is 42.2 Å². The van der Waals surface area contributed by atoms with Gasteiger partial charge in [-0.1, -0.05) is 12.1 Å². The smallest absolute Gasteiger partial charge is 0.224 e. The summed E-state index contributed by atoms with van der Waals surface area (Å²) in [6, 6.07) is 9.73. The van der Waals surface area contributed by atoms with Crippen LogP contribution in [0.15, 0.2) is 47.6 Å². The molecule has 2 heterocycles. The van der Waals surface area contributed by atoms with E-state index in [4.69, 9.17) is 4.74 Å². The van der Waals surface area contributed by atoms with Gasteiger partial charge in [0.1, 0.15) is 11.6 Å². The van der Waals surface area contributed by atoms with Crippen molar-refractivity contribution < 1.29 is 9.13 Å². The molecule has 0 amide bonds. The van der Waals surface area contributed by atoms with Crippen LogP contribution in [-0.4, -0.2) is 29.0 Å². The molecule has 1 aromatic carbocycles. The normalized spacial score (nSPS) is 11.0. The van der Waals surface area contributed by atoms with Gasteiger partial charge in [0.05, 0.1) is 17.2 Å². The van der Waals surface area contributed by atoms with Crippen molar-refractivity contribution in [3.8, 4) is 11.6 Å². The first kappa shape index (κ1) is 25.0. The van der Waals surface area contributed by atoms with Crippen LogP contribution in [0.3, 0.4) is 0 Å². The molecule has 9 heteroatoms. The number of ether oxygens (including phenoxy) is 1. The third-order valence-electron chi connectivity index (χ3n) is 4.32. The molecule has 0 aliphatic heterocycles. The molecule has 31 heavy (non-hydrogen) atoms. The number of aliphatic imine (C=N–C) groups is 1. The number of benzene rings is 1. The van der Waals surface area contributed by atoms with Crippen molar-refractivity contribution in [3.05, 3.63) is 69.6 Å². The monoisotopic (exact) mass is 555 g/mol. The highest BCUT2D eigenvalue weighted by molar-refractivity contribution is 14.0. The molecule has 2 aromatic heterocycles. The van der Waals surface area contributed by atoms with Crippen molar-refractivity contribution in [1.82, 2.24) is 20.6 Å². The van der Waals surface area contributed by atoms with E-state index in [2.05, 4.69) is 32.5 Å². The zero-order chi connectivity index (χ0) is 21.3. The number of halogens is 2. The Morgan fingerprint density at radius 1 is 1.19 bits per heavy atom. The van der Waals surface area contributed by atoms with E-state index in [0.717, 1.165) is 35.8 Å². The van der Waals surface area contributed by atoms with Crippen LogP contribution in [0.2, 0.25) is 0 Å². The summed E-state index contributed by atoms with van der Waals surface area (Å²) < 4.78 is 19.2. The summed E-state index contributed by atoms with van der Waals surface area (Å²) in [6.07, 6.45) is 2.48. The fourth-order valence-electron chi connectivity index (χ4n) is 2.72. The first-order valence-corrected chi connectivity index (χ1v) is 10.7. The van der Waals surface area contributed by atoms with Crippen molar-refractivity contribution >= 4 is 41.3 Å². The van der Waals surface area contributed by atoms with Crippen LogP contribution in [0.25, 0.3) is 0 Å². The molecule has 0 unspecified atom stereocenters. The van der Waals surface area contributed by atoms with E-state index in [-0.39, 0.29) is 29.8 Å². The molecule has 166 valence electrons. The Kier molecular flexibility index (Phi) is 10.1. The van der Waals surface area contributed by atoms with E-state index in [0.29, 0.717) is 24.1 Å². The summed E-state index contributed by atoms with van der Waals surface area (Å²) in [6.45, 7) is 8.01. The lowest BCUT2D eigenvalue weighted by Gasteiger charge is -2.12. The van der Waals surface area contributed by atoms with Crippen molar-refractivity contribution in [2.75, 3.05) is 13.1 Å². The second-order valence-corrected chi connectivity index (χ2v) is 7.94. The van der Waals surface area contributed by atoms with Crippen LogP contribution in [0.1, 0.15) is 28.1 Å². The highest BCUT2D eigenvalue weighted by Gasteiger charge is 2.08. The molecule has 3 aromatic rings. The summed E-state index contributed by atoms with van der Waals surface area (Å²) in [5.41, 5.74) is 1.91. The highest BCUT2D eigenvalue weighted by atomic mass is 127. The minimum atomic E-state index is -0.354. The van der Waals surface area contributed by atoms with Gasteiger partial charge in [-0.3, -0.25) is 0 Å². The van der Waals surface area contributed by atoms with Gasteiger partial charge >= 0.3 is 0 Å². The number of rotatable bonds is 8. The van der Waals surface area contributed by atoms with E-state index in [1.54, 1.807) is 29.7 Å². The number of aromatic nitrogens is 2. The van der Waals surface area contributed by atoms with Gasteiger partial charge in [0.2, 0.25) is 5.88 Å². The van der Waals surface area contributed by atoms with Crippen LogP contribution in [-0.2, 0) is 13.0 Å². The number of pyridine rings is 1. The Morgan fingerprint density at radius 2 is 2.03 bits per heavy atom. The maximum atomic E-state index is 13.4. The van der Waals surface area contributed by atoms with E-state index in [1.165, 1.54) is 17.0 Å². The molecule has 0 bridgehead atoms. The van der Waals surface area contributed by atoms with E-state index in [9.17, 15) is 4.39 Å². The number of nitrogens with zero attached hydrogens (tertiary/aromatic N) is 3. The fourth-order valence-corrected chi connectivity index (χ4v) is 3.65. The van der Waals surface area contributed by atoms with Crippen LogP contribution < -0.4 is 15.4 Å². The number of nitrogens with one attached hydrogen (secondary N) is 2. The van der Waals surface area contributed by atoms with Crippen molar-refractivity contribution in [1.29, 1.82) is 0 Å². The van der Waals surface area contributed by atoms with E-state index < -0.39 is 0 Å². The van der Waals surface area contributed by atoms with Gasteiger partial charge in [-0.2, -0.15) is 0 Å². The fraction of sp³-hybridized carbons (Fsp3) is 0.318. The Labute approximate surface area is 203 Å². The lowest BCUT2D eigenvalue weighted by molar-refractivity contribution is 0.452. The molecule has 0 atom stereocenters. The minimum absolute atomic E-state index is 0. The van der Waals surface area contributed by atoms with Gasteiger partial charge in [-0.15, -0.1) is 35.3 Å². The van der Waals surface area contributed by atoms with Crippen molar-refractivity contribution in [2.45, 2.75) is 33.7 Å². The number of aryl methyl sites for hydroxylation is 2. The number of hydrogen-bond acceptors (Lipinski definition) is 5. The molecule has 0 aliphatic carbocycles. The summed E-state index contributed by atoms with van der Waals surface area (Å²) >= 11 is 1.73. The topological polar surface area (TPSA) is 71.4 Å².